The van der Waals surface area contributed by atoms with Crippen LogP contribution in [0.25, 0.3) is 0 Å². The molecule has 0 bridgehead atoms. The normalized spacial score (nSPS) is 9.42. The summed E-state index contributed by atoms with van der Waals surface area (Å²) in [6.07, 6.45) is 1.44. The first-order valence-electron chi connectivity index (χ1n) is 3.47. The second kappa shape index (κ2) is 4.49. The van der Waals surface area contributed by atoms with Crippen molar-refractivity contribution in [2.75, 3.05) is 7.11 Å². The maximum Gasteiger partial charge on any atom is 0.235 e. The van der Waals surface area contributed by atoms with Gasteiger partial charge in [0.05, 0.1) is 0 Å². The Hall–Kier alpha value is -1.38. The zero-order chi connectivity index (χ0) is 8.81. The molecule has 1 heterocycles. The van der Waals surface area contributed by atoms with Crippen molar-refractivity contribution in [3.63, 3.8) is 0 Å². The van der Waals surface area contributed by atoms with Gasteiger partial charge < -0.3 is 9.15 Å². The number of ether oxygens (including phenoxy) is 1. The summed E-state index contributed by atoms with van der Waals surface area (Å²) in [7, 11) is 1.59. The van der Waals surface area contributed by atoms with E-state index in [0.29, 0.717) is 12.4 Å². The van der Waals surface area contributed by atoms with Gasteiger partial charge in [0.25, 0.3) is 0 Å². The van der Waals surface area contributed by atoms with Crippen LogP contribution in [0.5, 0.6) is 0 Å². The van der Waals surface area contributed by atoms with Crippen LogP contribution in [0.3, 0.4) is 0 Å². The summed E-state index contributed by atoms with van der Waals surface area (Å²) in [5.74, 6) is 1.37. The molecular weight excluding hydrogens is 158 g/mol. The standard InChI is InChI=1S/C8H9NO3/c1-11-5-8-3-2-7(12-8)4-9-6-10/h2-3H,4-5H2,1H3. The van der Waals surface area contributed by atoms with Gasteiger partial charge in [-0.2, -0.15) is 4.99 Å². The van der Waals surface area contributed by atoms with Crippen LogP contribution in [0.2, 0.25) is 0 Å². The Morgan fingerprint density at radius 3 is 3.00 bits per heavy atom. The zero-order valence-electron chi connectivity index (χ0n) is 6.74. The lowest BCUT2D eigenvalue weighted by atomic mass is 10.4. The first kappa shape index (κ1) is 8.71. The van der Waals surface area contributed by atoms with E-state index in [1.54, 1.807) is 19.2 Å². The van der Waals surface area contributed by atoms with E-state index in [1.165, 1.54) is 6.08 Å². The summed E-state index contributed by atoms with van der Waals surface area (Å²) in [4.78, 5) is 13.1. The second-order valence-electron chi connectivity index (χ2n) is 2.21. The van der Waals surface area contributed by atoms with Crippen molar-refractivity contribution in [2.24, 2.45) is 4.99 Å². The minimum absolute atomic E-state index is 0.243. The third-order valence-corrected chi connectivity index (χ3v) is 1.30. The molecule has 1 aromatic rings. The van der Waals surface area contributed by atoms with E-state index in [2.05, 4.69) is 4.99 Å². The Morgan fingerprint density at radius 1 is 1.58 bits per heavy atom. The third kappa shape index (κ3) is 2.34. The summed E-state index contributed by atoms with van der Waals surface area (Å²) in [5, 5.41) is 0. The number of furan rings is 1. The fourth-order valence-electron chi connectivity index (χ4n) is 0.837. The van der Waals surface area contributed by atoms with Gasteiger partial charge in [-0.15, -0.1) is 0 Å². The predicted molar refractivity (Wildman–Crippen MR) is 41.2 cm³/mol. The van der Waals surface area contributed by atoms with Gasteiger partial charge in [-0.25, -0.2) is 4.79 Å². The van der Waals surface area contributed by atoms with Crippen LogP contribution >= 0.6 is 0 Å². The van der Waals surface area contributed by atoms with Crippen molar-refractivity contribution in [2.45, 2.75) is 13.2 Å². The summed E-state index contributed by atoms with van der Waals surface area (Å²) in [6.45, 7) is 0.679. The lowest BCUT2D eigenvalue weighted by Crippen LogP contribution is -1.82. The first-order chi connectivity index (χ1) is 5.86. The molecule has 0 saturated heterocycles. The van der Waals surface area contributed by atoms with Crippen LogP contribution in [-0.2, 0) is 22.7 Å². The molecule has 0 spiro atoms. The number of methoxy groups -OCH3 is 1. The minimum atomic E-state index is 0.243. The minimum Gasteiger partial charge on any atom is -0.462 e. The van der Waals surface area contributed by atoms with Gasteiger partial charge in [-0.3, -0.25) is 0 Å². The van der Waals surface area contributed by atoms with Gasteiger partial charge in [-0.1, -0.05) is 0 Å². The number of aliphatic imine (C=N–C) groups is 1. The smallest absolute Gasteiger partial charge is 0.235 e. The number of nitrogens with zero attached hydrogens (tertiary/aromatic N) is 1. The van der Waals surface area contributed by atoms with Gasteiger partial charge in [0, 0.05) is 7.11 Å². The van der Waals surface area contributed by atoms with E-state index in [1.807, 2.05) is 0 Å². The Balaban J connectivity index is 2.57. The molecule has 64 valence electrons. The fourth-order valence-corrected chi connectivity index (χ4v) is 0.837. The summed E-state index contributed by atoms with van der Waals surface area (Å²) >= 11 is 0. The maximum absolute atomic E-state index is 9.75. The van der Waals surface area contributed by atoms with Crippen LogP contribution in [0.15, 0.2) is 21.5 Å². The number of isocyanates is 1. The Kier molecular flexibility index (Phi) is 3.26. The number of carbonyl (C=O) groups excluding carboxylic acids is 1. The van der Waals surface area contributed by atoms with Crippen LogP contribution in [0, 0.1) is 0 Å². The molecule has 0 amide bonds. The number of rotatable bonds is 4. The fraction of sp³-hybridized carbons (Fsp3) is 0.375. The molecule has 4 nitrogen and oxygen atoms in total. The monoisotopic (exact) mass is 167 g/mol. The Morgan fingerprint density at radius 2 is 2.33 bits per heavy atom. The summed E-state index contributed by atoms with van der Waals surface area (Å²) in [6, 6.07) is 3.55. The molecule has 12 heavy (non-hydrogen) atoms. The highest BCUT2D eigenvalue weighted by Gasteiger charge is 1.99. The molecule has 0 saturated carbocycles. The van der Waals surface area contributed by atoms with Gasteiger partial charge in [0.15, 0.2) is 0 Å². The van der Waals surface area contributed by atoms with Gasteiger partial charge in [0.2, 0.25) is 6.08 Å². The lowest BCUT2D eigenvalue weighted by Gasteiger charge is -1.91. The topological polar surface area (TPSA) is 51.8 Å². The van der Waals surface area contributed by atoms with Crippen LogP contribution in [0.1, 0.15) is 11.5 Å². The summed E-state index contributed by atoms with van der Waals surface area (Å²) in [5.41, 5.74) is 0. The van der Waals surface area contributed by atoms with Crippen LogP contribution in [0.4, 0.5) is 0 Å². The maximum atomic E-state index is 9.75. The number of hydrogen-bond donors (Lipinski definition) is 0. The molecule has 1 rings (SSSR count). The second-order valence-corrected chi connectivity index (χ2v) is 2.21. The zero-order valence-corrected chi connectivity index (χ0v) is 6.74. The van der Waals surface area contributed by atoms with Crippen molar-refractivity contribution in [1.82, 2.24) is 0 Å². The van der Waals surface area contributed by atoms with Crippen LogP contribution in [-0.4, -0.2) is 13.2 Å². The molecule has 0 aliphatic carbocycles. The van der Waals surface area contributed by atoms with Gasteiger partial charge in [-0.05, 0) is 12.1 Å². The lowest BCUT2D eigenvalue weighted by molar-refractivity contribution is 0.163. The summed E-state index contributed by atoms with van der Waals surface area (Å²) < 4.78 is 10.1. The highest BCUT2D eigenvalue weighted by atomic mass is 16.5. The SMILES string of the molecule is COCc1ccc(CN=C=O)o1. The molecule has 0 atom stereocenters. The first-order valence-corrected chi connectivity index (χ1v) is 3.47. The van der Waals surface area contributed by atoms with Crippen molar-refractivity contribution in [3.05, 3.63) is 23.7 Å². The molecule has 0 fully saturated rings. The van der Waals surface area contributed by atoms with Crippen molar-refractivity contribution in [3.8, 4) is 0 Å². The van der Waals surface area contributed by atoms with Crippen molar-refractivity contribution >= 4 is 6.08 Å². The van der Waals surface area contributed by atoms with E-state index in [9.17, 15) is 4.79 Å². The van der Waals surface area contributed by atoms with Gasteiger partial charge >= 0.3 is 0 Å². The van der Waals surface area contributed by atoms with E-state index in [4.69, 9.17) is 9.15 Å². The van der Waals surface area contributed by atoms with Crippen LogP contribution < -0.4 is 0 Å². The molecule has 0 aliphatic heterocycles. The molecule has 0 aromatic carbocycles. The Labute approximate surface area is 69.9 Å². The van der Waals surface area contributed by atoms with Gasteiger partial charge in [0.1, 0.15) is 24.7 Å². The van der Waals surface area contributed by atoms with Crippen molar-refractivity contribution in [1.29, 1.82) is 0 Å². The quantitative estimate of drug-likeness (QED) is 0.501. The predicted octanol–water partition coefficient (Wildman–Crippen LogP) is 1.26. The van der Waals surface area contributed by atoms with E-state index in [0.717, 1.165) is 5.76 Å². The largest absolute Gasteiger partial charge is 0.462 e. The molecule has 0 unspecified atom stereocenters. The number of hydrogen-bond acceptors (Lipinski definition) is 4. The average molecular weight is 167 g/mol. The molecule has 1 aromatic heterocycles. The Bertz CT molecular complexity index is 286. The molecule has 0 radical (unpaired) electrons. The van der Waals surface area contributed by atoms with E-state index < -0.39 is 0 Å². The highest BCUT2D eigenvalue weighted by molar-refractivity contribution is 5.33. The molecule has 0 N–H and O–H groups in total. The average Bonchev–Trinajstić information content (AvgIpc) is 2.50. The van der Waals surface area contributed by atoms with Crippen molar-refractivity contribution < 1.29 is 13.9 Å². The van der Waals surface area contributed by atoms with E-state index >= 15 is 0 Å². The highest BCUT2D eigenvalue weighted by Crippen LogP contribution is 2.09. The third-order valence-electron chi connectivity index (χ3n) is 1.30. The molecule has 4 heteroatoms. The molecular formula is C8H9NO3. The molecule has 0 aliphatic rings. The van der Waals surface area contributed by atoms with E-state index in [-0.39, 0.29) is 6.54 Å².